The number of carbonyl (C=O) groups is 2. The van der Waals surface area contributed by atoms with Crippen LogP contribution >= 0.6 is 0 Å². The van der Waals surface area contributed by atoms with E-state index in [1.54, 1.807) is 6.07 Å². The average molecular weight is 483 g/mol. The zero-order chi connectivity index (χ0) is 25.7. The van der Waals surface area contributed by atoms with Crippen molar-refractivity contribution in [1.82, 2.24) is 0 Å². The van der Waals surface area contributed by atoms with E-state index in [0.29, 0.717) is 42.6 Å². The third-order valence-electron chi connectivity index (χ3n) is 7.47. The third-order valence-corrected chi connectivity index (χ3v) is 7.47. The number of carboxylic acid groups (broad SMARTS) is 2. The lowest BCUT2D eigenvalue weighted by Crippen LogP contribution is -2.30. The van der Waals surface area contributed by atoms with E-state index in [1.807, 2.05) is 43.0 Å². The molecule has 6 heteroatoms. The topological polar surface area (TPSA) is 81.1 Å². The Bertz CT molecular complexity index is 1640. The molecule has 0 aliphatic carbocycles. The molecular formula is C30H30N2O4. The van der Waals surface area contributed by atoms with Crippen molar-refractivity contribution in [2.45, 2.75) is 27.7 Å². The van der Waals surface area contributed by atoms with Gasteiger partial charge >= 0.3 is 11.9 Å². The Hall–Kier alpha value is -4.06. The molecule has 0 aliphatic heterocycles. The maximum absolute atomic E-state index is 13.0. The molecule has 184 valence electrons. The highest BCUT2D eigenvalue weighted by Crippen LogP contribution is 2.51. The quantitative estimate of drug-likeness (QED) is 0.186. The summed E-state index contributed by atoms with van der Waals surface area (Å²) >= 11 is 0. The molecule has 0 fully saturated rings. The molecule has 0 amide bonds. The van der Waals surface area contributed by atoms with Crippen molar-refractivity contribution >= 4 is 66.4 Å². The second-order valence-electron chi connectivity index (χ2n) is 9.02. The van der Waals surface area contributed by atoms with Crippen LogP contribution in [0.3, 0.4) is 0 Å². The van der Waals surface area contributed by atoms with Gasteiger partial charge in [0.25, 0.3) is 0 Å². The number of fused-ring (bicyclic) bond motifs is 2. The van der Waals surface area contributed by atoms with Gasteiger partial charge in [0.2, 0.25) is 0 Å². The van der Waals surface area contributed by atoms with E-state index in [0.717, 1.165) is 38.0 Å². The molecule has 0 heterocycles. The fraction of sp³-hybridized carbons (Fsp3) is 0.267. The Kier molecular flexibility index (Phi) is 5.83. The van der Waals surface area contributed by atoms with Crippen LogP contribution in [0.15, 0.2) is 48.5 Å². The summed E-state index contributed by atoms with van der Waals surface area (Å²) in [5, 5.41) is 27.9. The summed E-state index contributed by atoms with van der Waals surface area (Å²) in [5.74, 6) is -2.25. The van der Waals surface area contributed by atoms with Crippen LogP contribution in [0.4, 0.5) is 11.4 Å². The van der Waals surface area contributed by atoms with Crippen molar-refractivity contribution in [2.24, 2.45) is 0 Å². The summed E-state index contributed by atoms with van der Waals surface area (Å²) in [4.78, 5) is 29.8. The molecule has 0 saturated heterocycles. The number of aromatic carboxylic acids is 2. The molecule has 5 rings (SSSR count). The van der Waals surface area contributed by atoms with Crippen molar-refractivity contribution in [3.8, 4) is 0 Å². The van der Waals surface area contributed by atoms with Crippen LogP contribution in [0.5, 0.6) is 0 Å². The molecular weight excluding hydrogens is 452 g/mol. The van der Waals surface area contributed by atoms with Crippen LogP contribution in [0.2, 0.25) is 0 Å². The first-order chi connectivity index (χ1) is 17.4. The van der Waals surface area contributed by atoms with Gasteiger partial charge in [-0.1, -0.05) is 42.5 Å². The second-order valence-corrected chi connectivity index (χ2v) is 9.02. The summed E-state index contributed by atoms with van der Waals surface area (Å²) in [6.45, 7) is 10.7. The number of carboxylic acids is 2. The summed E-state index contributed by atoms with van der Waals surface area (Å²) in [6, 6.07) is 15.7. The van der Waals surface area contributed by atoms with Crippen molar-refractivity contribution in [3.05, 3.63) is 59.7 Å². The van der Waals surface area contributed by atoms with E-state index in [9.17, 15) is 19.8 Å². The van der Waals surface area contributed by atoms with E-state index < -0.39 is 11.9 Å². The highest BCUT2D eigenvalue weighted by molar-refractivity contribution is 6.40. The largest absolute Gasteiger partial charge is 0.478 e. The third kappa shape index (κ3) is 3.17. The maximum atomic E-state index is 13.0. The van der Waals surface area contributed by atoms with Gasteiger partial charge in [0.05, 0.1) is 22.5 Å². The Morgan fingerprint density at radius 3 is 1.72 bits per heavy atom. The normalized spacial score (nSPS) is 11.7. The molecule has 0 saturated carbocycles. The summed E-state index contributed by atoms with van der Waals surface area (Å²) in [7, 11) is 0. The minimum Gasteiger partial charge on any atom is -0.478 e. The molecule has 0 radical (unpaired) electrons. The minimum atomic E-state index is -1.13. The van der Waals surface area contributed by atoms with Gasteiger partial charge in [-0.15, -0.1) is 0 Å². The zero-order valence-electron chi connectivity index (χ0n) is 21.1. The molecule has 5 aromatic rings. The monoisotopic (exact) mass is 482 g/mol. The van der Waals surface area contributed by atoms with Gasteiger partial charge in [0.1, 0.15) is 0 Å². The summed E-state index contributed by atoms with van der Waals surface area (Å²) in [5.41, 5.74) is 1.53. The smallest absolute Gasteiger partial charge is 0.338 e. The number of rotatable bonds is 8. The first-order valence-corrected chi connectivity index (χ1v) is 12.5. The Balaban J connectivity index is 2.26. The fourth-order valence-corrected chi connectivity index (χ4v) is 5.94. The van der Waals surface area contributed by atoms with Gasteiger partial charge in [-0.3, -0.25) is 0 Å². The lowest BCUT2D eigenvalue weighted by Gasteiger charge is -2.34. The molecule has 0 aromatic heterocycles. The standard InChI is InChI=1S/C30H30N2O4/c1-5-31(6-2)27-25-20-14-10-12-17-11-9-13-18(22(17)20)19-15-16-21(29(33)34)24(23(19)25)26(30(35)36)28(27)32(7-3)8-4/h9-16H,5-8H2,1-4H3,(H,33,34)(H,35,36). The lowest BCUT2D eigenvalue weighted by molar-refractivity contribution is 0.0695. The van der Waals surface area contributed by atoms with E-state index in [4.69, 9.17) is 0 Å². The van der Waals surface area contributed by atoms with E-state index in [-0.39, 0.29) is 11.1 Å². The average Bonchev–Trinajstić information content (AvgIpc) is 2.88. The maximum Gasteiger partial charge on any atom is 0.338 e. The Morgan fingerprint density at radius 1 is 0.611 bits per heavy atom. The molecule has 36 heavy (non-hydrogen) atoms. The van der Waals surface area contributed by atoms with Gasteiger partial charge in [0.15, 0.2) is 0 Å². The van der Waals surface area contributed by atoms with E-state index in [2.05, 4.69) is 36.9 Å². The van der Waals surface area contributed by atoms with E-state index in [1.165, 1.54) is 0 Å². The zero-order valence-corrected chi connectivity index (χ0v) is 21.1. The van der Waals surface area contributed by atoms with Gasteiger partial charge in [0, 0.05) is 42.3 Å². The molecule has 0 spiro atoms. The second kappa shape index (κ2) is 8.86. The van der Waals surface area contributed by atoms with Crippen LogP contribution in [0.1, 0.15) is 48.4 Å². The SMILES string of the molecule is CCN(CC)c1c(C(=O)O)c2c(C(=O)O)ccc3c4cccc5cccc(c(c1N(CC)CC)c23)c54. The molecule has 6 nitrogen and oxygen atoms in total. The summed E-state index contributed by atoms with van der Waals surface area (Å²) in [6.07, 6.45) is 0. The highest BCUT2D eigenvalue weighted by Gasteiger charge is 2.32. The first kappa shape index (κ1) is 23.7. The van der Waals surface area contributed by atoms with Crippen molar-refractivity contribution < 1.29 is 19.8 Å². The van der Waals surface area contributed by atoms with Gasteiger partial charge in [-0.05, 0) is 60.7 Å². The lowest BCUT2D eigenvalue weighted by atomic mass is 9.84. The van der Waals surface area contributed by atoms with Gasteiger partial charge in [-0.25, -0.2) is 9.59 Å². The molecule has 2 N–H and O–H groups in total. The molecule has 5 aromatic carbocycles. The number of nitrogens with zero attached hydrogens (tertiary/aromatic N) is 2. The minimum absolute atomic E-state index is 0.0125. The number of hydrogen-bond donors (Lipinski definition) is 2. The Labute approximate surface area is 209 Å². The Morgan fingerprint density at radius 2 is 1.17 bits per heavy atom. The van der Waals surface area contributed by atoms with Crippen LogP contribution in [-0.2, 0) is 0 Å². The fourth-order valence-electron chi connectivity index (χ4n) is 5.94. The van der Waals surface area contributed by atoms with Crippen LogP contribution < -0.4 is 9.80 Å². The highest BCUT2D eigenvalue weighted by atomic mass is 16.4. The van der Waals surface area contributed by atoms with Crippen LogP contribution in [0, 0.1) is 0 Å². The molecule has 0 atom stereocenters. The van der Waals surface area contributed by atoms with Gasteiger partial charge < -0.3 is 20.0 Å². The van der Waals surface area contributed by atoms with Crippen molar-refractivity contribution in [2.75, 3.05) is 36.0 Å². The molecule has 0 bridgehead atoms. The first-order valence-electron chi connectivity index (χ1n) is 12.5. The van der Waals surface area contributed by atoms with Crippen LogP contribution in [-0.4, -0.2) is 48.3 Å². The van der Waals surface area contributed by atoms with Crippen molar-refractivity contribution in [3.63, 3.8) is 0 Å². The number of hydrogen-bond acceptors (Lipinski definition) is 4. The molecule has 0 aliphatic rings. The van der Waals surface area contributed by atoms with E-state index >= 15 is 0 Å². The summed E-state index contributed by atoms with van der Waals surface area (Å²) < 4.78 is 0. The molecule has 0 unspecified atom stereocenters. The van der Waals surface area contributed by atoms with Gasteiger partial charge in [-0.2, -0.15) is 0 Å². The number of anilines is 2. The van der Waals surface area contributed by atoms with Crippen molar-refractivity contribution in [1.29, 1.82) is 0 Å². The predicted molar refractivity (Wildman–Crippen MR) is 149 cm³/mol. The van der Waals surface area contributed by atoms with Crippen LogP contribution in [0.25, 0.3) is 43.1 Å². The predicted octanol–water partition coefficient (Wildman–Crippen LogP) is 6.83. The number of benzene rings is 5.